The topological polar surface area (TPSA) is 50.4 Å². The SMILES string of the molecule is CC(Cc1cccs1)N=C(N)NC(C)(C)C. The van der Waals surface area contributed by atoms with Crippen molar-refractivity contribution in [2.24, 2.45) is 10.7 Å². The molecule has 0 saturated heterocycles. The van der Waals surface area contributed by atoms with Gasteiger partial charge in [-0.1, -0.05) is 6.07 Å². The third-order valence-electron chi connectivity index (χ3n) is 1.94. The van der Waals surface area contributed by atoms with E-state index in [1.54, 1.807) is 11.3 Å². The van der Waals surface area contributed by atoms with Gasteiger partial charge in [-0.25, -0.2) is 0 Å². The Balaban J connectivity index is 2.49. The van der Waals surface area contributed by atoms with Gasteiger partial charge in [-0.05, 0) is 39.1 Å². The molecule has 0 bridgehead atoms. The maximum absolute atomic E-state index is 5.83. The van der Waals surface area contributed by atoms with Crippen molar-refractivity contribution in [3.8, 4) is 0 Å². The Kier molecular flexibility index (Phi) is 4.35. The van der Waals surface area contributed by atoms with E-state index < -0.39 is 0 Å². The molecule has 0 fully saturated rings. The number of hydrogen-bond donors (Lipinski definition) is 2. The molecule has 3 N–H and O–H groups in total. The zero-order chi connectivity index (χ0) is 12.2. The van der Waals surface area contributed by atoms with Gasteiger partial charge in [-0.3, -0.25) is 4.99 Å². The largest absolute Gasteiger partial charge is 0.370 e. The predicted octanol–water partition coefficient (Wildman–Crippen LogP) is 2.38. The van der Waals surface area contributed by atoms with E-state index in [9.17, 15) is 0 Å². The third-order valence-corrected chi connectivity index (χ3v) is 2.84. The van der Waals surface area contributed by atoms with Gasteiger partial charge in [0.25, 0.3) is 0 Å². The fourth-order valence-corrected chi connectivity index (χ4v) is 2.25. The molecule has 0 radical (unpaired) electrons. The lowest BCUT2D eigenvalue weighted by molar-refractivity contribution is 0.506. The zero-order valence-electron chi connectivity index (χ0n) is 10.4. The molecule has 0 aromatic carbocycles. The highest BCUT2D eigenvalue weighted by molar-refractivity contribution is 7.09. The van der Waals surface area contributed by atoms with Crippen LogP contribution in [0.4, 0.5) is 0 Å². The zero-order valence-corrected chi connectivity index (χ0v) is 11.3. The molecule has 3 nitrogen and oxygen atoms in total. The minimum atomic E-state index is -0.0315. The third kappa shape index (κ3) is 5.16. The van der Waals surface area contributed by atoms with E-state index in [2.05, 4.69) is 55.5 Å². The average molecular weight is 239 g/mol. The van der Waals surface area contributed by atoms with Crippen LogP contribution < -0.4 is 11.1 Å². The molecule has 0 amide bonds. The van der Waals surface area contributed by atoms with Crippen LogP contribution in [0.1, 0.15) is 32.6 Å². The van der Waals surface area contributed by atoms with Gasteiger partial charge in [0, 0.05) is 16.8 Å². The van der Waals surface area contributed by atoms with Gasteiger partial charge < -0.3 is 11.1 Å². The van der Waals surface area contributed by atoms with Gasteiger partial charge >= 0.3 is 0 Å². The van der Waals surface area contributed by atoms with Gasteiger partial charge in [0.1, 0.15) is 0 Å². The Hall–Kier alpha value is -1.03. The average Bonchev–Trinajstić information content (AvgIpc) is 2.51. The van der Waals surface area contributed by atoms with Crippen LogP contribution in [0.2, 0.25) is 0 Å². The second-order valence-electron chi connectivity index (χ2n) is 5.02. The van der Waals surface area contributed by atoms with Crippen LogP contribution in [0.25, 0.3) is 0 Å². The standard InChI is InChI=1S/C12H21N3S/c1-9(8-10-6-5-7-16-10)14-11(13)15-12(2,3)4/h5-7,9H,8H2,1-4H3,(H3,13,14,15). The lowest BCUT2D eigenvalue weighted by Crippen LogP contribution is -2.45. The van der Waals surface area contributed by atoms with Gasteiger partial charge in [0.05, 0.1) is 6.04 Å². The summed E-state index contributed by atoms with van der Waals surface area (Å²) in [5.74, 6) is 0.525. The second kappa shape index (κ2) is 5.34. The Morgan fingerprint density at radius 2 is 2.25 bits per heavy atom. The van der Waals surface area contributed by atoms with Crippen LogP contribution in [0.15, 0.2) is 22.5 Å². The molecular formula is C12H21N3S. The summed E-state index contributed by atoms with van der Waals surface area (Å²) in [5, 5.41) is 5.25. The maximum Gasteiger partial charge on any atom is 0.189 e. The van der Waals surface area contributed by atoms with E-state index in [1.165, 1.54) is 4.88 Å². The highest BCUT2D eigenvalue weighted by Gasteiger charge is 2.11. The molecule has 16 heavy (non-hydrogen) atoms. The van der Waals surface area contributed by atoms with Crippen molar-refractivity contribution in [2.75, 3.05) is 0 Å². The minimum Gasteiger partial charge on any atom is -0.370 e. The van der Waals surface area contributed by atoms with E-state index in [1.807, 2.05) is 0 Å². The first-order valence-electron chi connectivity index (χ1n) is 5.50. The summed E-state index contributed by atoms with van der Waals surface area (Å²) in [6, 6.07) is 4.41. The Morgan fingerprint density at radius 1 is 1.56 bits per heavy atom. The highest BCUT2D eigenvalue weighted by atomic mass is 32.1. The smallest absolute Gasteiger partial charge is 0.189 e. The first-order chi connectivity index (χ1) is 7.37. The van der Waals surface area contributed by atoms with Gasteiger partial charge in [0.2, 0.25) is 0 Å². The molecule has 0 spiro atoms. The summed E-state index contributed by atoms with van der Waals surface area (Å²) in [5.41, 5.74) is 5.80. The summed E-state index contributed by atoms with van der Waals surface area (Å²) in [6.07, 6.45) is 0.949. The van der Waals surface area contributed by atoms with E-state index in [-0.39, 0.29) is 11.6 Å². The molecule has 0 saturated carbocycles. The molecule has 0 aliphatic carbocycles. The van der Waals surface area contributed by atoms with Crippen molar-refractivity contribution in [3.05, 3.63) is 22.4 Å². The highest BCUT2D eigenvalue weighted by Crippen LogP contribution is 2.12. The first kappa shape index (κ1) is 13.0. The van der Waals surface area contributed by atoms with Crippen LogP contribution in [-0.2, 0) is 6.42 Å². The lowest BCUT2D eigenvalue weighted by atomic mass is 10.1. The maximum atomic E-state index is 5.83. The molecule has 1 aromatic heterocycles. The molecule has 0 aliphatic rings. The summed E-state index contributed by atoms with van der Waals surface area (Å²) in [6.45, 7) is 8.29. The Labute approximate surface area is 102 Å². The molecule has 0 aliphatic heterocycles. The molecule has 90 valence electrons. The first-order valence-corrected chi connectivity index (χ1v) is 6.38. The molecule has 4 heteroatoms. The van der Waals surface area contributed by atoms with Crippen LogP contribution in [-0.4, -0.2) is 17.5 Å². The molecule has 1 rings (SSSR count). The van der Waals surface area contributed by atoms with E-state index >= 15 is 0 Å². The fourth-order valence-electron chi connectivity index (χ4n) is 1.42. The Bertz CT molecular complexity index is 336. The molecule has 1 aromatic rings. The summed E-state index contributed by atoms with van der Waals surface area (Å²) in [7, 11) is 0. The number of thiophene rings is 1. The number of rotatable bonds is 3. The Morgan fingerprint density at radius 3 is 2.75 bits per heavy atom. The van der Waals surface area contributed by atoms with Crippen LogP contribution in [0, 0.1) is 0 Å². The van der Waals surface area contributed by atoms with Crippen molar-refractivity contribution < 1.29 is 0 Å². The van der Waals surface area contributed by atoms with Gasteiger partial charge in [-0.2, -0.15) is 0 Å². The van der Waals surface area contributed by atoms with Crippen LogP contribution >= 0.6 is 11.3 Å². The van der Waals surface area contributed by atoms with Gasteiger partial charge in [0.15, 0.2) is 5.96 Å². The lowest BCUT2D eigenvalue weighted by Gasteiger charge is -2.21. The monoisotopic (exact) mass is 239 g/mol. The van der Waals surface area contributed by atoms with Crippen molar-refractivity contribution in [2.45, 2.75) is 45.7 Å². The number of guanidine groups is 1. The fraction of sp³-hybridized carbons (Fsp3) is 0.583. The van der Waals surface area contributed by atoms with Crippen molar-refractivity contribution >= 4 is 17.3 Å². The summed E-state index contributed by atoms with van der Waals surface area (Å²) >= 11 is 1.76. The number of nitrogens with two attached hydrogens (primary N) is 1. The molecule has 1 atom stereocenters. The second-order valence-corrected chi connectivity index (χ2v) is 6.05. The molecule has 1 heterocycles. The van der Waals surface area contributed by atoms with Gasteiger partial charge in [-0.15, -0.1) is 11.3 Å². The van der Waals surface area contributed by atoms with Crippen molar-refractivity contribution in [1.82, 2.24) is 5.32 Å². The number of nitrogens with zero attached hydrogens (tertiary/aromatic N) is 1. The van der Waals surface area contributed by atoms with Crippen molar-refractivity contribution in [3.63, 3.8) is 0 Å². The van der Waals surface area contributed by atoms with Crippen molar-refractivity contribution in [1.29, 1.82) is 0 Å². The minimum absolute atomic E-state index is 0.0315. The predicted molar refractivity (Wildman–Crippen MR) is 72.0 cm³/mol. The van der Waals surface area contributed by atoms with Crippen LogP contribution in [0.5, 0.6) is 0 Å². The molecular weight excluding hydrogens is 218 g/mol. The van der Waals surface area contributed by atoms with E-state index in [0.29, 0.717) is 5.96 Å². The number of hydrogen-bond acceptors (Lipinski definition) is 2. The number of nitrogens with one attached hydrogen (secondary N) is 1. The normalized spacial score (nSPS) is 14.9. The van der Waals surface area contributed by atoms with E-state index in [4.69, 9.17) is 5.73 Å². The summed E-state index contributed by atoms with van der Waals surface area (Å²) < 4.78 is 0. The molecule has 1 unspecified atom stereocenters. The summed E-state index contributed by atoms with van der Waals surface area (Å²) in [4.78, 5) is 5.77. The van der Waals surface area contributed by atoms with Crippen LogP contribution in [0.3, 0.4) is 0 Å². The number of aliphatic imine (C=N–C) groups is 1. The van der Waals surface area contributed by atoms with E-state index in [0.717, 1.165) is 6.42 Å². The quantitative estimate of drug-likeness (QED) is 0.628.